The first-order chi connectivity index (χ1) is 8.54. The summed E-state index contributed by atoms with van der Waals surface area (Å²) in [6.45, 7) is 1.79. The molecule has 1 heterocycles. The summed E-state index contributed by atoms with van der Waals surface area (Å²) in [7, 11) is 0. The summed E-state index contributed by atoms with van der Waals surface area (Å²) in [5, 5.41) is 15.9. The van der Waals surface area contributed by atoms with E-state index in [1.165, 1.54) is 17.1 Å². The molecule has 0 aliphatic heterocycles. The molecule has 1 aromatic heterocycles. The van der Waals surface area contributed by atoms with Crippen molar-refractivity contribution in [3.8, 4) is 5.75 Å². The quantitative estimate of drug-likeness (QED) is 0.732. The molecular formula is C11H13N5O2. The predicted molar refractivity (Wildman–Crippen MR) is 65.9 cm³/mol. The fraction of sp³-hybridized carbons (Fsp3) is 0.182. The summed E-state index contributed by atoms with van der Waals surface area (Å²) in [4.78, 5) is 15.4. The van der Waals surface area contributed by atoms with Crippen molar-refractivity contribution in [2.75, 3.05) is 11.1 Å². The van der Waals surface area contributed by atoms with Crippen LogP contribution < -0.4 is 11.1 Å². The van der Waals surface area contributed by atoms with E-state index in [1.807, 2.05) is 0 Å². The second-order valence-corrected chi connectivity index (χ2v) is 3.85. The van der Waals surface area contributed by atoms with Gasteiger partial charge in [-0.1, -0.05) is 6.07 Å². The van der Waals surface area contributed by atoms with Gasteiger partial charge in [-0.25, -0.2) is 9.67 Å². The normalized spacial score (nSPS) is 10.3. The van der Waals surface area contributed by atoms with Crippen LogP contribution in [0.3, 0.4) is 0 Å². The largest absolute Gasteiger partial charge is 0.508 e. The summed E-state index contributed by atoms with van der Waals surface area (Å²) in [6.07, 6.45) is 1.38. The highest BCUT2D eigenvalue weighted by molar-refractivity contribution is 5.90. The van der Waals surface area contributed by atoms with Crippen molar-refractivity contribution in [3.05, 3.63) is 30.1 Å². The van der Waals surface area contributed by atoms with Crippen LogP contribution in [-0.2, 0) is 11.3 Å². The maximum atomic E-state index is 11.7. The van der Waals surface area contributed by atoms with E-state index in [1.54, 1.807) is 19.1 Å². The number of nitrogens with zero attached hydrogens (tertiary/aromatic N) is 3. The summed E-state index contributed by atoms with van der Waals surface area (Å²) < 4.78 is 1.33. The molecule has 4 N–H and O–H groups in total. The van der Waals surface area contributed by atoms with Crippen LogP contribution in [0, 0.1) is 6.92 Å². The van der Waals surface area contributed by atoms with Crippen LogP contribution in [-0.4, -0.2) is 25.8 Å². The number of hydrogen-bond donors (Lipinski definition) is 3. The zero-order valence-electron chi connectivity index (χ0n) is 9.79. The number of nitrogens with one attached hydrogen (secondary N) is 1. The van der Waals surface area contributed by atoms with E-state index in [-0.39, 0.29) is 24.1 Å². The third kappa shape index (κ3) is 2.76. The zero-order chi connectivity index (χ0) is 13.1. The summed E-state index contributed by atoms with van der Waals surface area (Å²) in [5.41, 5.74) is 6.61. The van der Waals surface area contributed by atoms with Gasteiger partial charge in [0.1, 0.15) is 18.6 Å². The molecule has 7 heteroatoms. The van der Waals surface area contributed by atoms with Gasteiger partial charge in [0.15, 0.2) is 0 Å². The molecule has 2 rings (SSSR count). The molecule has 7 nitrogen and oxygen atoms in total. The molecule has 2 aromatic rings. The van der Waals surface area contributed by atoms with Crippen molar-refractivity contribution in [1.82, 2.24) is 14.8 Å². The number of nitrogen functional groups attached to an aromatic ring is 1. The van der Waals surface area contributed by atoms with Crippen LogP contribution in [0.1, 0.15) is 5.56 Å². The number of rotatable bonds is 3. The average molecular weight is 247 g/mol. The van der Waals surface area contributed by atoms with Crippen LogP contribution in [0.15, 0.2) is 24.5 Å². The molecule has 0 saturated carbocycles. The van der Waals surface area contributed by atoms with E-state index in [9.17, 15) is 9.90 Å². The molecule has 1 aromatic carbocycles. The second kappa shape index (κ2) is 4.74. The van der Waals surface area contributed by atoms with Crippen molar-refractivity contribution in [3.63, 3.8) is 0 Å². The minimum absolute atomic E-state index is 0.0127. The summed E-state index contributed by atoms with van der Waals surface area (Å²) >= 11 is 0. The van der Waals surface area contributed by atoms with Crippen molar-refractivity contribution in [1.29, 1.82) is 0 Å². The zero-order valence-corrected chi connectivity index (χ0v) is 9.79. The van der Waals surface area contributed by atoms with Crippen molar-refractivity contribution in [2.24, 2.45) is 0 Å². The number of aromatic hydroxyl groups is 1. The van der Waals surface area contributed by atoms with E-state index in [4.69, 9.17) is 5.73 Å². The topological polar surface area (TPSA) is 106 Å². The van der Waals surface area contributed by atoms with Crippen LogP contribution in [0.5, 0.6) is 5.75 Å². The summed E-state index contributed by atoms with van der Waals surface area (Å²) in [5.74, 6) is -0.0169. The Labute approximate surface area is 103 Å². The number of phenols is 1. The van der Waals surface area contributed by atoms with Gasteiger partial charge in [0, 0.05) is 11.8 Å². The van der Waals surface area contributed by atoms with Gasteiger partial charge in [0.25, 0.3) is 0 Å². The van der Waals surface area contributed by atoms with Crippen molar-refractivity contribution in [2.45, 2.75) is 13.5 Å². The van der Waals surface area contributed by atoms with Crippen LogP contribution in [0.4, 0.5) is 11.6 Å². The lowest BCUT2D eigenvalue weighted by molar-refractivity contribution is -0.116. The standard InChI is InChI=1S/C11H13N5O2/c1-7-2-3-8(4-9(7)17)14-10(18)5-16-6-13-11(12)15-16/h2-4,6,17H,5H2,1H3,(H2,12,15)(H,14,18). The number of amides is 1. The molecule has 0 radical (unpaired) electrons. The van der Waals surface area contributed by atoms with E-state index < -0.39 is 0 Å². The van der Waals surface area contributed by atoms with E-state index >= 15 is 0 Å². The Morgan fingerprint density at radius 1 is 1.56 bits per heavy atom. The monoisotopic (exact) mass is 247 g/mol. The second-order valence-electron chi connectivity index (χ2n) is 3.85. The minimum Gasteiger partial charge on any atom is -0.508 e. The van der Waals surface area contributed by atoms with Crippen LogP contribution >= 0.6 is 0 Å². The fourth-order valence-electron chi connectivity index (χ4n) is 1.42. The minimum atomic E-state index is -0.275. The number of nitrogens with two attached hydrogens (primary N) is 1. The number of anilines is 2. The Bertz CT molecular complexity index is 579. The lowest BCUT2D eigenvalue weighted by atomic mass is 10.2. The molecule has 0 spiro atoms. The van der Waals surface area contributed by atoms with E-state index in [0.29, 0.717) is 5.69 Å². The van der Waals surface area contributed by atoms with E-state index in [2.05, 4.69) is 15.4 Å². The van der Waals surface area contributed by atoms with Gasteiger partial charge in [-0.15, -0.1) is 5.10 Å². The first-order valence-electron chi connectivity index (χ1n) is 5.29. The lowest BCUT2D eigenvalue weighted by Gasteiger charge is -2.06. The van der Waals surface area contributed by atoms with Crippen molar-refractivity contribution < 1.29 is 9.90 Å². The number of hydrogen-bond acceptors (Lipinski definition) is 5. The van der Waals surface area contributed by atoms with Gasteiger partial charge in [0.05, 0.1) is 0 Å². The molecule has 94 valence electrons. The smallest absolute Gasteiger partial charge is 0.246 e. The first kappa shape index (κ1) is 11.9. The number of aryl methyl sites for hydroxylation is 1. The maximum absolute atomic E-state index is 11.7. The van der Waals surface area contributed by atoms with Gasteiger partial charge in [0.2, 0.25) is 11.9 Å². The van der Waals surface area contributed by atoms with E-state index in [0.717, 1.165) is 5.56 Å². The third-order valence-corrected chi connectivity index (χ3v) is 2.35. The Kier molecular flexibility index (Phi) is 3.13. The number of phenolic OH excluding ortho intramolecular Hbond substituents is 1. The van der Waals surface area contributed by atoms with Gasteiger partial charge in [-0.3, -0.25) is 4.79 Å². The highest BCUT2D eigenvalue weighted by Crippen LogP contribution is 2.20. The van der Waals surface area contributed by atoms with Crippen molar-refractivity contribution >= 4 is 17.5 Å². The number of benzene rings is 1. The van der Waals surface area contributed by atoms with Crippen LogP contribution in [0.2, 0.25) is 0 Å². The molecule has 0 saturated heterocycles. The number of carbonyl (C=O) groups is 1. The van der Waals surface area contributed by atoms with Crippen LogP contribution in [0.25, 0.3) is 0 Å². The van der Waals surface area contributed by atoms with Gasteiger partial charge >= 0.3 is 0 Å². The molecule has 0 bridgehead atoms. The average Bonchev–Trinajstić information content (AvgIpc) is 2.69. The molecule has 0 aliphatic rings. The lowest BCUT2D eigenvalue weighted by Crippen LogP contribution is -2.19. The molecule has 0 atom stereocenters. The molecular weight excluding hydrogens is 234 g/mol. The predicted octanol–water partition coefficient (Wildman–Crippen LogP) is 0.513. The first-order valence-corrected chi connectivity index (χ1v) is 5.29. The molecule has 1 amide bonds. The number of aromatic nitrogens is 3. The van der Waals surface area contributed by atoms with Gasteiger partial charge in [-0.05, 0) is 18.6 Å². The number of carbonyl (C=O) groups excluding carboxylic acids is 1. The Hall–Kier alpha value is -2.57. The molecule has 0 fully saturated rings. The summed E-state index contributed by atoms with van der Waals surface area (Å²) in [6, 6.07) is 4.92. The fourth-order valence-corrected chi connectivity index (χ4v) is 1.42. The Morgan fingerprint density at radius 2 is 2.33 bits per heavy atom. The highest BCUT2D eigenvalue weighted by atomic mass is 16.3. The highest BCUT2D eigenvalue weighted by Gasteiger charge is 2.06. The van der Waals surface area contributed by atoms with Gasteiger partial charge < -0.3 is 16.2 Å². The SMILES string of the molecule is Cc1ccc(NC(=O)Cn2cnc(N)n2)cc1O. The third-order valence-electron chi connectivity index (χ3n) is 2.35. The molecule has 0 aliphatic carbocycles. The Morgan fingerprint density at radius 3 is 2.94 bits per heavy atom. The molecule has 0 unspecified atom stereocenters. The Balaban J connectivity index is 2.00. The molecule has 18 heavy (non-hydrogen) atoms. The van der Waals surface area contributed by atoms with Gasteiger partial charge in [-0.2, -0.15) is 0 Å². The maximum Gasteiger partial charge on any atom is 0.246 e.